The smallest absolute Gasteiger partial charge is 0.230 e. The van der Waals surface area contributed by atoms with Crippen molar-refractivity contribution in [2.45, 2.75) is 90.2 Å². The Morgan fingerprint density at radius 3 is 2.42 bits per heavy atom. The number of anilines is 1. The zero-order chi connectivity index (χ0) is 28.6. The van der Waals surface area contributed by atoms with Crippen molar-refractivity contribution < 1.29 is 14.6 Å². The quantitative estimate of drug-likeness (QED) is 0.346. The number of aryl methyl sites for hydroxylation is 1. The van der Waals surface area contributed by atoms with Crippen molar-refractivity contribution in [3.63, 3.8) is 0 Å². The molecule has 216 valence electrons. The molecule has 0 unspecified atom stereocenters. The highest BCUT2D eigenvalue weighted by molar-refractivity contribution is 6.10. The molecule has 6 nitrogen and oxygen atoms in total. The van der Waals surface area contributed by atoms with Crippen molar-refractivity contribution in [3.05, 3.63) is 65.4 Å². The first kappa shape index (κ1) is 29.9. The molecule has 0 bridgehead atoms. The number of hydrogen-bond donors (Lipinski definition) is 2. The minimum atomic E-state index is -0.282. The summed E-state index contributed by atoms with van der Waals surface area (Å²) in [7, 11) is 1.72. The number of allylic oxidation sites excluding steroid dienone is 1. The van der Waals surface area contributed by atoms with Crippen LogP contribution in [0.1, 0.15) is 87.8 Å². The van der Waals surface area contributed by atoms with Gasteiger partial charge in [0.25, 0.3) is 0 Å². The fourth-order valence-corrected chi connectivity index (χ4v) is 6.25. The second-order valence-electron chi connectivity index (χ2n) is 11.9. The molecule has 2 saturated carbocycles. The third-order valence-electron chi connectivity index (χ3n) is 8.67. The SMILES string of the molecule is COc1ccc(C2CCC(CN(C(=O)C3CCC(O)CC3)c3cccc(C(C=NC(C)C)=CN)c3)CC2)cc1C. The molecule has 40 heavy (non-hydrogen) atoms. The Kier molecular flexibility index (Phi) is 10.4. The van der Waals surface area contributed by atoms with Crippen LogP contribution >= 0.6 is 0 Å². The van der Waals surface area contributed by atoms with Crippen molar-refractivity contribution >= 4 is 23.4 Å². The van der Waals surface area contributed by atoms with Gasteiger partial charge in [0.05, 0.1) is 13.2 Å². The number of amides is 1. The van der Waals surface area contributed by atoms with Gasteiger partial charge in [-0.25, -0.2) is 0 Å². The second-order valence-corrected chi connectivity index (χ2v) is 11.9. The van der Waals surface area contributed by atoms with E-state index in [1.165, 1.54) is 11.1 Å². The van der Waals surface area contributed by atoms with E-state index in [0.29, 0.717) is 24.7 Å². The van der Waals surface area contributed by atoms with E-state index >= 15 is 0 Å². The number of benzene rings is 2. The summed E-state index contributed by atoms with van der Waals surface area (Å²) in [6, 6.07) is 14.9. The maximum absolute atomic E-state index is 14.0. The zero-order valence-corrected chi connectivity index (χ0v) is 24.7. The predicted molar refractivity (Wildman–Crippen MR) is 165 cm³/mol. The summed E-state index contributed by atoms with van der Waals surface area (Å²) in [5.74, 6) is 2.08. The molecule has 2 aliphatic rings. The number of carbonyl (C=O) groups is 1. The van der Waals surface area contributed by atoms with Crippen molar-refractivity contribution in [2.75, 3.05) is 18.6 Å². The number of methoxy groups -OCH3 is 1. The molecule has 2 aromatic carbocycles. The van der Waals surface area contributed by atoms with Crippen LogP contribution in [0, 0.1) is 18.8 Å². The molecule has 2 aromatic rings. The molecule has 4 rings (SSSR count). The van der Waals surface area contributed by atoms with E-state index in [2.05, 4.69) is 36.2 Å². The van der Waals surface area contributed by atoms with Gasteiger partial charge in [0.15, 0.2) is 0 Å². The van der Waals surface area contributed by atoms with Crippen LogP contribution in [0.15, 0.2) is 53.7 Å². The van der Waals surface area contributed by atoms with E-state index in [1.54, 1.807) is 13.3 Å². The van der Waals surface area contributed by atoms with Crippen LogP contribution in [-0.4, -0.2) is 43.0 Å². The monoisotopic (exact) mass is 545 g/mol. The van der Waals surface area contributed by atoms with Gasteiger partial charge in [-0.15, -0.1) is 0 Å². The van der Waals surface area contributed by atoms with Crippen LogP contribution in [0.2, 0.25) is 0 Å². The average Bonchev–Trinajstić information content (AvgIpc) is 2.96. The van der Waals surface area contributed by atoms with Gasteiger partial charge in [0.2, 0.25) is 5.91 Å². The second kappa shape index (κ2) is 14.0. The number of nitrogens with zero attached hydrogens (tertiary/aromatic N) is 2. The van der Waals surface area contributed by atoms with Crippen LogP contribution in [0.25, 0.3) is 5.57 Å². The maximum Gasteiger partial charge on any atom is 0.230 e. The minimum Gasteiger partial charge on any atom is -0.496 e. The molecule has 0 aliphatic heterocycles. The summed E-state index contributed by atoms with van der Waals surface area (Å²) >= 11 is 0. The first-order chi connectivity index (χ1) is 19.3. The number of aliphatic hydroxyl groups excluding tert-OH is 1. The Balaban J connectivity index is 1.52. The average molecular weight is 546 g/mol. The van der Waals surface area contributed by atoms with Crippen molar-refractivity contribution in [3.8, 4) is 5.75 Å². The maximum atomic E-state index is 14.0. The first-order valence-electron chi connectivity index (χ1n) is 15.0. The van der Waals surface area contributed by atoms with Gasteiger partial charge in [0.1, 0.15) is 5.75 Å². The molecule has 3 N–H and O–H groups in total. The van der Waals surface area contributed by atoms with Crippen LogP contribution in [0.4, 0.5) is 5.69 Å². The summed E-state index contributed by atoms with van der Waals surface area (Å²) in [5, 5.41) is 10.0. The van der Waals surface area contributed by atoms with Gasteiger partial charge in [0, 0.05) is 42.2 Å². The fraction of sp³-hybridized carbons (Fsp3) is 0.529. The number of rotatable bonds is 9. The molecule has 2 aliphatic carbocycles. The molecule has 2 fully saturated rings. The third-order valence-corrected chi connectivity index (χ3v) is 8.67. The highest BCUT2D eigenvalue weighted by Crippen LogP contribution is 2.39. The van der Waals surface area contributed by atoms with Gasteiger partial charge < -0.3 is 20.5 Å². The molecule has 0 spiro atoms. The van der Waals surface area contributed by atoms with E-state index in [1.807, 2.05) is 43.2 Å². The standard InChI is InChI=1S/C34H47N3O3/c1-23(2)36-21-30(20-35)28-6-5-7-31(19-28)37(34(39)27-12-15-32(38)16-13-27)22-25-8-10-26(11-9-25)29-14-17-33(40-4)24(3)18-29/h5-7,14,17-21,23,25-27,32,38H,8-13,15-16,22,35H2,1-4H3. The summed E-state index contributed by atoms with van der Waals surface area (Å²) in [6.45, 7) is 6.90. The Morgan fingerprint density at radius 2 is 1.80 bits per heavy atom. The number of carbonyl (C=O) groups excluding carboxylic acids is 1. The first-order valence-corrected chi connectivity index (χ1v) is 15.0. The van der Waals surface area contributed by atoms with Crippen molar-refractivity contribution in [1.82, 2.24) is 0 Å². The van der Waals surface area contributed by atoms with Crippen LogP contribution < -0.4 is 15.4 Å². The molecule has 0 atom stereocenters. The summed E-state index contributed by atoms with van der Waals surface area (Å²) in [4.78, 5) is 20.5. The number of aliphatic imine (C=N–C) groups is 1. The predicted octanol–water partition coefficient (Wildman–Crippen LogP) is 6.64. The lowest BCUT2D eigenvalue weighted by Gasteiger charge is -2.36. The van der Waals surface area contributed by atoms with Gasteiger partial charge in [-0.2, -0.15) is 0 Å². The van der Waals surface area contributed by atoms with Crippen molar-refractivity contribution in [2.24, 2.45) is 22.6 Å². The molecule has 0 saturated heterocycles. The number of ether oxygens (including phenoxy) is 1. The molecule has 0 radical (unpaired) electrons. The minimum absolute atomic E-state index is 0.0438. The Hall–Kier alpha value is -3.12. The lowest BCUT2D eigenvalue weighted by molar-refractivity contribution is -0.124. The van der Waals surface area contributed by atoms with Crippen LogP contribution in [0.5, 0.6) is 5.75 Å². The van der Waals surface area contributed by atoms with E-state index in [-0.39, 0.29) is 24.0 Å². The van der Waals surface area contributed by atoms with E-state index in [0.717, 1.165) is 67.6 Å². The lowest BCUT2D eigenvalue weighted by Crippen LogP contribution is -2.41. The summed E-state index contributed by atoms with van der Waals surface area (Å²) in [6.07, 6.45) is 10.4. The van der Waals surface area contributed by atoms with Gasteiger partial charge in [-0.05, 0) is 119 Å². The van der Waals surface area contributed by atoms with Gasteiger partial charge in [-0.1, -0.05) is 24.3 Å². The fourth-order valence-electron chi connectivity index (χ4n) is 6.25. The Labute approximate surface area is 240 Å². The highest BCUT2D eigenvalue weighted by Gasteiger charge is 2.32. The van der Waals surface area contributed by atoms with Crippen LogP contribution in [0.3, 0.4) is 0 Å². The summed E-state index contributed by atoms with van der Waals surface area (Å²) in [5.41, 5.74) is 11.3. The van der Waals surface area contributed by atoms with Gasteiger partial charge in [-0.3, -0.25) is 9.79 Å². The summed E-state index contributed by atoms with van der Waals surface area (Å²) < 4.78 is 5.45. The zero-order valence-electron chi connectivity index (χ0n) is 24.7. The Morgan fingerprint density at radius 1 is 1.07 bits per heavy atom. The van der Waals surface area contributed by atoms with Crippen LogP contribution in [-0.2, 0) is 4.79 Å². The molecule has 0 heterocycles. The molecule has 6 heteroatoms. The molecular formula is C34H47N3O3. The third kappa shape index (κ3) is 7.54. The molecule has 0 aromatic heterocycles. The van der Waals surface area contributed by atoms with E-state index < -0.39 is 0 Å². The molecular weight excluding hydrogens is 498 g/mol. The molecule has 1 amide bonds. The number of aliphatic hydroxyl groups is 1. The van der Waals surface area contributed by atoms with Gasteiger partial charge >= 0.3 is 0 Å². The lowest BCUT2D eigenvalue weighted by atomic mass is 9.78. The van der Waals surface area contributed by atoms with E-state index in [4.69, 9.17) is 10.5 Å². The highest BCUT2D eigenvalue weighted by atomic mass is 16.5. The largest absolute Gasteiger partial charge is 0.496 e. The topological polar surface area (TPSA) is 88.1 Å². The normalized spacial score (nSPS) is 23.9. The van der Waals surface area contributed by atoms with E-state index in [9.17, 15) is 9.90 Å². The Bertz CT molecular complexity index is 1190. The number of hydrogen-bond acceptors (Lipinski definition) is 5. The van der Waals surface area contributed by atoms with Crippen molar-refractivity contribution in [1.29, 1.82) is 0 Å². The number of nitrogens with two attached hydrogens (primary N) is 1.